The molecule has 0 fully saturated rings. The highest BCUT2D eigenvalue weighted by Crippen LogP contribution is 2.64. The van der Waals surface area contributed by atoms with Gasteiger partial charge in [0.1, 0.15) is 30.1 Å². The summed E-state index contributed by atoms with van der Waals surface area (Å²) in [6.07, 6.45) is -13.5. The lowest BCUT2D eigenvalue weighted by atomic mass is 9.88. The van der Waals surface area contributed by atoms with Crippen LogP contribution in [0, 0.1) is 11.6 Å². The SMILES string of the molecule is CO[C@@H](/C=C(\C)C(=O)NO)[C@@H](OC(=O)Nc1ccc(F)cc1F)c1ccc(OCCO[Si](CCC(F)(F)C(F)(F)C(F)(F)C(F)(F)C(F)(F)C(F)(F)C(F)(F)C(F)(F)F)(C(C)C)C(C)C)cc1. The molecule has 2 aromatic carbocycles. The Bertz CT molecular complexity index is 2030. The first-order valence-corrected chi connectivity index (χ1v) is 21.2. The largest absolute Gasteiger partial charge is 0.491 e. The molecule has 0 aliphatic carbocycles. The molecule has 0 bridgehead atoms. The number of halogens is 19. The van der Waals surface area contributed by atoms with Crippen molar-refractivity contribution in [3.8, 4) is 5.75 Å². The van der Waals surface area contributed by atoms with Gasteiger partial charge in [-0.15, -0.1) is 0 Å². The van der Waals surface area contributed by atoms with Crippen LogP contribution in [0.25, 0.3) is 0 Å². The van der Waals surface area contributed by atoms with Crippen LogP contribution in [0.2, 0.25) is 17.1 Å². The second kappa shape index (κ2) is 21.0. The predicted octanol–water partition coefficient (Wildman–Crippen LogP) is 12.3. The molecule has 67 heavy (non-hydrogen) atoms. The van der Waals surface area contributed by atoms with Crippen LogP contribution in [-0.4, -0.2) is 99.6 Å². The van der Waals surface area contributed by atoms with Crippen LogP contribution in [0.1, 0.15) is 52.7 Å². The molecule has 0 saturated carbocycles. The van der Waals surface area contributed by atoms with Gasteiger partial charge >= 0.3 is 53.7 Å². The fourth-order valence-electron chi connectivity index (χ4n) is 6.36. The summed E-state index contributed by atoms with van der Waals surface area (Å²) in [4.78, 5) is 24.8. The zero-order chi connectivity index (χ0) is 52.2. The van der Waals surface area contributed by atoms with Crippen molar-refractivity contribution in [1.82, 2.24) is 5.48 Å². The number of methoxy groups -OCH3 is 1. The zero-order valence-corrected chi connectivity index (χ0v) is 36.3. The Labute approximate surface area is 369 Å². The number of hydroxylamine groups is 1. The molecular formula is C38H41F19N2O7Si. The fourth-order valence-corrected chi connectivity index (χ4v) is 10.8. The van der Waals surface area contributed by atoms with Crippen molar-refractivity contribution in [2.75, 3.05) is 25.6 Å². The number of amides is 2. The molecule has 0 radical (unpaired) electrons. The van der Waals surface area contributed by atoms with E-state index in [1.165, 1.54) is 64.4 Å². The molecule has 382 valence electrons. The molecule has 0 aromatic heterocycles. The van der Waals surface area contributed by atoms with Crippen LogP contribution in [0.3, 0.4) is 0 Å². The summed E-state index contributed by atoms with van der Waals surface area (Å²) in [7, 11) is -2.97. The van der Waals surface area contributed by atoms with E-state index in [0.717, 1.165) is 25.3 Å². The number of rotatable bonds is 23. The highest BCUT2D eigenvalue weighted by Gasteiger charge is 2.95. The first kappa shape index (κ1) is 58.6. The Hall–Kier alpha value is -4.51. The highest BCUT2D eigenvalue weighted by molar-refractivity contribution is 6.76. The van der Waals surface area contributed by atoms with Crippen LogP contribution in [0.15, 0.2) is 54.1 Å². The van der Waals surface area contributed by atoms with Crippen LogP contribution >= 0.6 is 0 Å². The Kier molecular flexibility index (Phi) is 18.4. The third-order valence-electron chi connectivity index (χ3n) is 10.3. The van der Waals surface area contributed by atoms with E-state index in [1.807, 2.05) is 0 Å². The molecule has 0 spiro atoms. The molecule has 0 saturated heterocycles. The molecule has 2 aromatic rings. The average Bonchev–Trinajstić information content (AvgIpc) is 3.21. The molecular weight excluding hydrogens is 985 g/mol. The molecule has 2 atom stereocenters. The van der Waals surface area contributed by atoms with Crippen LogP contribution < -0.4 is 15.5 Å². The second-order valence-corrected chi connectivity index (χ2v) is 20.3. The summed E-state index contributed by atoms with van der Waals surface area (Å²) >= 11 is 0. The van der Waals surface area contributed by atoms with Gasteiger partial charge in [0.05, 0.1) is 12.3 Å². The van der Waals surface area contributed by atoms with Crippen molar-refractivity contribution >= 4 is 26.0 Å². The monoisotopic (exact) mass is 1030 g/mol. The number of hydrogen-bond donors (Lipinski definition) is 3. The topological polar surface area (TPSA) is 115 Å². The minimum atomic E-state index is -8.73. The van der Waals surface area contributed by atoms with Crippen LogP contribution in [0.5, 0.6) is 5.75 Å². The van der Waals surface area contributed by atoms with Gasteiger partial charge in [0, 0.05) is 25.2 Å². The summed E-state index contributed by atoms with van der Waals surface area (Å²) < 4.78 is 285. The lowest BCUT2D eigenvalue weighted by Crippen LogP contribution is -2.74. The Morgan fingerprint density at radius 3 is 1.66 bits per heavy atom. The molecule has 0 aliphatic heterocycles. The van der Waals surface area contributed by atoms with Crippen molar-refractivity contribution in [2.45, 2.75) is 118 Å². The highest BCUT2D eigenvalue weighted by atomic mass is 28.4. The first-order chi connectivity index (χ1) is 30.3. The second-order valence-electron chi connectivity index (χ2n) is 15.2. The van der Waals surface area contributed by atoms with E-state index in [0.29, 0.717) is 6.07 Å². The first-order valence-electron chi connectivity index (χ1n) is 18.9. The van der Waals surface area contributed by atoms with Crippen LogP contribution in [0.4, 0.5) is 93.9 Å². The maximum atomic E-state index is 15.0. The van der Waals surface area contributed by atoms with E-state index in [2.05, 4.69) is 5.32 Å². The normalized spacial score (nSPS) is 15.1. The number of hydrogen-bond acceptors (Lipinski definition) is 7. The lowest BCUT2D eigenvalue weighted by Gasteiger charge is -2.44. The Balaban J connectivity index is 2.35. The summed E-state index contributed by atoms with van der Waals surface area (Å²) in [6, 6.07) is 5.73. The molecule has 2 amide bonds. The number of carbonyl (C=O) groups is 2. The Morgan fingerprint density at radius 2 is 1.21 bits per heavy atom. The van der Waals surface area contributed by atoms with E-state index >= 15 is 0 Å². The fraction of sp³-hybridized carbons (Fsp3) is 0.579. The smallest absolute Gasteiger partial charge is 0.460 e. The number of ether oxygens (including phenoxy) is 3. The van der Waals surface area contributed by atoms with Gasteiger partial charge in [-0.2, -0.15) is 74.6 Å². The van der Waals surface area contributed by atoms with Gasteiger partial charge in [0.15, 0.2) is 14.4 Å². The van der Waals surface area contributed by atoms with E-state index in [-0.39, 0.29) is 16.9 Å². The van der Waals surface area contributed by atoms with Gasteiger partial charge in [0.2, 0.25) is 0 Å². The minimum Gasteiger partial charge on any atom is -0.491 e. The van der Waals surface area contributed by atoms with Crippen molar-refractivity contribution in [3.63, 3.8) is 0 Å². The van der Waals surface area contributed by atoms with Gasteiger partial charge in [-0.1, -0.05) is 39.8 Å². The molecule has 0 aliphatic rings. The summed E-state index contributed by atoms with van der Waals surface area (Å²) in [5, 5.41) is 11.0. The third kappa shape index (κ3) is 11.7. The Morgan fingerprint density at radius 1 is 0.716 bits per heavy atom. The van der Waals surface area contributed by atoms with Gasteiger partial charge in [0.25, 0.3) is 5.91 Å². The molecule has 29 heteroatoms. The molecule has 3 N–H and O–H groups in total. The number of alkyl halides is 17. The standard InChI is InChI=1S/C38H41F19N2O7Si/c1-19(2)67(20(3)4,16-13-31(41,42)32(43,44)33(45,46)34(47,48)35(49,50)36(51,52)37(53,54)38(55,56)57)65-15-14-64-24-10-7-22(8-11-24)28(27(63-6)17-21(5)29(60)59-62)66-30(61)58-26-12-9-23(39)18-25(26)40/h7-12,17-20,27-28,62H,13-16H2,1-6H3,(H,58,61)(H,59,60)/b21-17+/t27-,28-/m0/s1. The summed E-state index contributed by atoms with van der Waals surface area (Å²) in [5.74, 6) is -60.3. The van der Waals surface area contributed by atoms with Gasteiger partial charge in [-0.25, -0.2) is 19.1 Å². The van der Waals surface area contributed by atoms with E-state index in [4.69, 9.17) is 23.8 Å². The van der Waals surface area contributed by atoms with E-state index < -0.39 is 134 Å². The molecule has 2 rings (SSSR count). The van der Waals surface area contributed by atoms with Crippen molar-refractivity contribution in [1.29, 1.82) is 0 Å². The van der Waals surface area contributed by atoms with Crippen molar-refractivity contribution in [3.05, 3.63) is 71.3 Å². The van der Waals surface area contributed by atoms with Crippen LogP contribution in [-0.2, 0) is 18.7 Å². The maximum Gasteiger partial charge on any atom is 0.460 e. The molecule has 9 nitrogen and oxygen atoms in total. The average molecular weight is 1030 g/mol. The third-order valence-corrected chi connectivity index (χ3v) is 16.0. The number of nitrogens with one attached hydrogen (secondary N) is 2. The number of anilines is 1. The van der Waals surface area contributed by atoms with Gasteiger partial charge in [-0.05, 0) is 60.0 Å². The quantitative estimate of drug-likeness (QED) is 0.0254. The summed E-state index contributed by atoms with van der Waals surface area (Å²) in [6.45, 7) is 5.15. The van der Waals surface area contributed by atoms with Gasteiger partial charge in [-0.3, -0.25) is 15.3 Å². The predicted molar refractivity (Wildman–Crippen MR) is 198 cm³/mol. The maximum absolute atomic E-state index is 15.0. The molecule has 0 heterocycles. The van der Waals surface area contributed by atoms with Crippen molar-refractivity contribution in [2.24, 2.45) is 0 Å². The van der Waals surface area contributed by atoms with Crippen molar-refractivity contribution < 1.29 is 117 Å². The number of benzene rings is 2. The van der Waals surface area contributed by atoms with E-state index in [9.17, 15) is 93.0 Å². The zero-order valence-electron chi connectivity index (χ0n) is 35.3. The summed E-state index contributed by atoms with van der Waals surface area (Å²) in [5.41, 5.74) is -1.11. The lowest BCUT2D eigenvalue weighted by molar-refractivity contribution is -0.461. The molecule has 0 unspecified atom stereocenters. The van der Waals surface area contributed by atoms with E-state index in [1.54, 1.807) is 0 Å². The van der Waals surface area contributed by atoms with Gasteiger partial charge < -0.3 is 18.6 Å². The number of carbonyl (C=O) groups excluding carboxylic acids is 2. The minimum absolute atomic E-state index is 0.0321.